The average Bonchev–Trinajstić information content (AvgIpc) is 2.35. The van der Waals surface area contributed by atoms with Gasteiger partial charge in [-0.05, 0) is 0 Å². The van der Waals surface area contributed by atoms with E-state index in [0.717, 1.165) is 12.3 Å². The Kier molecular flexibility index (Phi) is 4.35. The van der Waals surface area contributed by atoms with Crippen molar-refractivity contribution in [3.8, 4) is 0 Å². The molecule has 0 aliphatic carbocycles. The van der Waals surface area contributed by atoms with Gasteiger partial charge in [-0.1, -0.05) is 0 Å². The van der Waals surface area contributed by atoms with Crippen molar-refractivity contribution in [2.75, 3.05) is 26.0 Å². The third-order valence-electron chi connectivity index (χ3n) is 2.22. The number of nitrogens with zero attached hydrogens (tertiary/aromatic N) is 3. The molecule has 1 heterocycles. The largest absolute Gasteiger partial charge is 0.478 e. The number of aromatic nitrogens is 1. The van der Waals surface area contributed by atoms with E-state index >= 15 is 0 Å². The molecule has 19 heavy (non-hydrogen) atoms. The molecule has 0 spiro atoms. The number of carbonyl (C=O) groups excluding carboxylic acids is 1. The van der Waals surface area contributed by atoms with E-state index in [2.05, 4.69) is 10.3 Å². The van der Waals surface area contributed by atoms with Crippen LogP contribution in [0.25, 0.3) is 0 Å². The number of nitrogens with one attached hydrogen (secondary N) is 1. The van der Waals surface area contributed by atoms with Crippen molar-refractivity contribution < 1.29 is 19.6 Å². The van der Waals surface area contributed by atoms with Crippen LogP contribution in [0.15, 0.2) is 12.3 Å². The van der Waals surface area contributed by atoms with Gasteiger partial charge in [0.1, 0.15) is 0 Å². The number of nitro groups is 1. The Morgan fingerprint density at radius 3 is 2.63 bits per heavy atom. The van der Waals surface area contributed by atoms with Gasteiger partial charge in [0.25, 0.3) is 0 Å². The molecule has 0 saturated heterocycles. The molecular formula is C10H12N4O5. The van der Waals surface area contributed by atoms with E-state index in [-0.39, 0.29) is 23.8 Å². The van der Waals surface area contributed by atoms with Gasteiger partial charge in [0.2, 0.25) is 11.7 Å². The first-order chi connectivity index (χ1) is 8.82. The fourth-order valence-electron chi connectivity index (χ4n) is 1.16. The number of pyridine rings is 1. The van der Waals surface area contributed by atoms with E-state index in [1.807, 2.05) is 0 Å². The summed E-state index contributed by atoms with van der Waals surface area (Å²) in [5.74, 6) is -1.75. The van der Waals surface area contributed by atoms with Gasteiger partial charge < -0.3 is 15.3 Å². The first-order valence-corrected chi connectivity index (χ1v) is 5.14. The molecule has 0 saturated carbocycles. The Morgan fingerprint density at radius 1 is 1.53 bits per heavy atom. The minimum absolute atomic E-state index is 0.148. The van der Waals surface area contributed by atoms with Gasteiger partial charge in [-0.15, -0.1) is 0 Å². The number of likely N-dealkylation sites (N-methyl/N-ethyl adjacent to an activating group) is 1. The van der Waals surface area contributed by atoms with E-state index in [9.17, 15) is 19.7 Å². The van der Waals surface area contributed by atoms with E-state index in [1.165, 1.54) is 4.90 Å². The molecule has 2 N–H and O–H groups in total. The summed E-state index contributed by atoms with van der Waals surface area (Å²) in [5, 5.41) is 22.0. The van der Waals surface area contributed by atoms with Crippen molar-refractivity contribution >= 4 is 23.4 Å². The molecule has 0 atom stereocenters. The second kappa shape index (κ2) is 5.76. The first-order valence-electron chi connectivity index (χ1n) is 5.14. The van der Waals surface area contributed by atoms with Crippen LogP contribution in [0, 0.1) is 10.1 Å². The smallest absolute Gasteiger partial charge is 0.337 e. The highest BCUT2D eigenvalue weighted by atomic mass is 16.6. The van der Waals surface area contributed by atoms with E-state index in [0.29, 0.717) is 0 Å². The fourth-order valence-corrected chi connectivity index (χ4v) is 1.16. The summed E-state index contributed by atoms with van der Waals surface area (Å²) in [6, 6.07) is 0.887. The highest BCUT2D eigenvalue weighted by molar-refractivity contribution is 5.89. The van der Waals surface area contributed by atoms with Gasteiger partial charge in [0.15, 0.2) is 0 Å². The van der Waals surface area contributed by atoms with Crippen LogP contribution in [0.2, 0.25) is 0 Å². The molecule has 0 radical (unpaired) electrons. The zero-order valence-electron chi connectivity index (χ0n) is 10.3. The lowest BCUT2D eigenvalue weighted by Gasteiger charge is -2.11. The summed E-state index contributed by atoms with van der Waals surface area (Å²) in [6.45, 7) is -0.173. The van der Waals surface area contributed by atoms with Crippen molar-refractivity contribution in [1.82, 2.24) is 9.88 Å². The molecule has 1 amide bonds. The standard InChI is InChI=1S/C10H12N4O5/c1-13(2)8(15)5-12-9-7(14(18)19)3-6(4-11-9)10(16)17/h3-4H,5H2,1-2H3,(H,11,12)(H,16,17). The van der Waals surface area contributed by atoms with Crippen molar-refractivity contribution in [3.05, 3.63) is 27.9 Å². The SMILES string of the molecule is CN(C)C(=O)CNc1ncc(C(=O)O)cc1[N+](=O)[O-]. The lowest BCUT2D eigenvalue weighted by Crippen LogP contribution is -2.29. The van der Waals surface area contributed by atoms with Crippen LogP contribution in [0.1, 0.15) is 10.4 Å². The van der Waals surface area contributed by atoms with E-state index < -0.39 is 16.6 Å². The van der Waals surface area contributed by atoms with E-state index in [4.69, 9.17) is 5.11 Å². The number of hydrogen-bond donors (Lipinski definition) is 2. The van der Waals surface area contributed by atoms with Gasteiger partial charge >= 0.3 is 11.7 Å². The Morgan fingerprint density at radius 2 is 2.16 bits per heavy atom. The van der Waals surface area contributed by atoms with Crippen LogP contribution in [0.3, 0.4) is 0 Å². The zero-order chi connectivity index (χ0) is 14.6. The van der Waals surface area contributed by atoms with Crippen LogP contribution in [-0.4, -0.2) is 52.4 Å². The number of hydrogen-bond acceptors (Lipinski definition) is 6. The van der Waals surface area contributed by atoms with Gasteiger partial charge in [0, 0.05) is 26.4 Å². The molecule has 102 valence electrons. The summed E-state index contributed by atoms with van der Waals surface area (Å²) in [6.07, 6.45) is 0.984. The maximum absolute atomic E-state index is 11.3. The number of anilines is 1. The van der Waals surface area contributed by atoms with Gasteiger partial charge in [0.05, 0.1) is 17.0 Å². The predicted octanol–water partition coefficient (Wildman–Crippen LogP) is 0.188. The fraction of sp³-hybridized carbons (Fsp3) is 0.300. The minimum Gasteiger partial charge on any atom is -0.478 e. The number of aromatic carboxylic acids is 1. The number of carboxylic acids is 1. The Balaban J connectivity index is 2.98. The Hall–Kier alpha value is -2.71. The number of amides is 1. The van der Waals surface area contributed by atoms with Gasteiger partial charge in [-0.2, -0.15) is 0 Å². The molecule has 9 nitrogen and oxygen atoms in total. The summed E-state index contributed by atoms with van der Waals surface area (Å²) < 4.78 is 0. The zero-order valence-corrected chi connectivity index (χ0v) is 10.3. The highest BCUT2D eigenvalue weighted by Gasteiger charge is 2.19. The predicted molar refractivity (Wildman–Crippen MR) is 65.0 cm³/mol. The van der Waals surface area contributed by atoms with Crippen molar-refractivity contribution in [2.45, 2.75) is 0 Å². The third-order valence-corrected chi connectivity index (χ3v) is 2.22. The second-order valence-corrected chi connectivity index (χ2v) is 3.80. The summed E-state index contributed by atoms with van der Waals surface area (Å²) in [5.41, 5.74) is -0.789. The van der Waals surface area contributed by atoms with Gasteiger partial charge in [-0.3, -0.25) is 14.9 Å². The summed E-state index contributed by atoms with van der Waals surface area (Å²) in [7, 11) is 3.08. The molecule has 0 aromatic carbocycles. The van der Waals surface area contributed by atoms with Crippen molar-refractivity contribution in [2.24, 2.45) is 0 Å². The van der Waals surface area contributed by atoms with Crippen LogP contribution in [0.5, 0.6) is 0 Å². The molecule has 1 aromatic heterocycles. The minimum atomic E-state index is -1.31. The molecule has 0 bridgehead atoms. The topological polar surface area (TPSA) is 126 Å². The summed E-state index contributed by atoms with van der Waals surface area (Å²) >= 11 is 0. The van der Waals surface area contributed by atoms with Crippen molar-refractivity contribution in [3.63, 3.8) is 0 Å². The van der Waals surface area contributed by atoms with Crippen LogP contribution >= 0.6 is 0 Å². The molecule has 9 heteroatoms. The van der Waals surface area contributed by atoms with Crippen LogP contribution in [0.4, 0.5) is 11.5 Å². The average molecular weight is 268 g/mol. The Labute approximate surface area is 108 Å². The number of carbonyl (C=O) groups is 2. The maximum Gasteiger partial charge on any atom is 0.337 e. The van der Waals surface area contributed by atoms with Crippen LogP contribution < -0.4 is 5.32 Å². The lowest BCUT2D eigenvalue weighted by atomic mass is 10.2. The molecule has 0 fully saturated rings. The maximum atomic E-state index is 11.3. The van der Waals surface area contributed by atoms with Gasteiger partial charge in [-0.25, -0.2) is 9.78 Å². The van der Waals surface area contributed by atoms with Crippen LogP contribution in [-0.2, 0) is 4.79 Å². The number of carboxylic acid groups (broad SMARTS) is 1. The monoisotopic (exact) mass is 268 g/mol. The molecule has 0 aliphatic rings. The molecule has 1 rings (SSSR count). The summed E-state index contributed by atoms with van der Waals surface area (Å²) in [4.78, 5) is 37.1. The quantitative estimate of drug-likeness (QED) is 0.576. The highest BCUT2D eigenvalue weighted by Crippen LogP contribution is 2.22. The lowest BCUT2D eigenvalue weighted by molar-refractivity contribution is -0.384. The first kappa shape index (κ1) is 14.4. The Bertz CT molecular complexity index is 529. The van der Waals surface area contributed by atoms with Crippen molar-refractivity contribution in [1.29, 1.82) is 0 Å². The molecular weight excluding hydrogens is 256 g/mol. The number of rotatable bonds is 5. The van der Waals surface area contributed by atoms with E-state index in [1.54, 1.807) is 14.1 Å². The third kappa shape index (κ3) is 3.63. The molecule has 0 unspecified atom stereocenters. The molecule has 1 aromatic rings. The second-order valence-electron chi connectivity index (χ2n) is 3.80. The molecule has 0 aliphatic heterocycles. The normalized spacial score (nSPS) is 9.79.